The van der Waals surface area contributed by atoms with Crippen LogP contribution in [-0.4, -0.2) is 40.4 Å². The van der Waals surface area contributed by atoms with Crippen LogP contribution in [0.3, 0.4) is 0 Å². The van der Waals surface area contributed by atoms with E-state index >= 15 is 0 Å². The van der Waals surface area contributed by atoms with Crippen LogP contribution < -0.4 is 9.47 Å². The van der Waals surface area contributed by atoms with Crippen LogP contribution in [0.25, 0.3) is 16.2 Å². The quantitative estimate of drug-likeness (QED) is 0.331. The van der Waals surface area contributed by atoms with Gasteiger partial charge in [0.2, 0.25) is 4.96 Å². The molecule has 0 aliphatic rings. The second-order valence-electron chi connectivity index (χ2n) is 5.87. The van der Waals surface area contributed by atoms with Gasteiger partial charge in [-0.05, 0) is 18.2 Å². The Kier molecular flexibility index (Phi) is 5.31. The summed E-state index contributed by atoms with van der Waals surface area (Å²) in [6.07, 6.45) is 0. The molecule has 0 radical (unpaired) electrons. The predicted molar refractivity (Wildman–Crippen MR) is 111 cm³/mol. The summed E-state index contributed by atoms with van der Waals surface area (Å²) in [6, 6.07) is 14.9. The van der Waals surface area contributed by atoms with E-state index in [2.05, 4.69) is 10.2 Å². The standard InChI is InChI=1S/C20H17N3O3S2/c1-25-14-8-9-18(26-2)15(10-14)16-11-27-19-21-22-20(23(16)19)28-12-17(24)13-6-4-3-5-7-13/h3-11H,12H2,1-2H3. The summed E-state index contributed by atoms with van der Waals surface area (Å²) in [5.74, 6) is 1.80. The highest BCUT2D eigenvalue weighted by Crippen LogP contribution is 2.37. The predicted octanol–water partition coefficient (Wildman–Crippen LogP) is 4.45. The first-order valence-electron chi connectivity index (χ1n) is 8.47. The number of rotatable bonds is 7. The molecule has 0 aliphatic carbocycles. The zero-order valence-corrected chi connectivity index (χ0v) is 16.9. The third kappa shape index (κ3) is 3.48. The third-order valence-corrected chi connectivity index (χ3v) is 5.98. The van der Waals surface area contributed by atoms with Crippen molar-refractivity contribution < 1.29 is 14.3 Å². The Morgan fingerprint density at radius 1 is 1.11 bits per heavy atom. The van der Waals surface area contributed by atoms with Crippen LogP contribution in [0.5, 0.6) is 11.5 Å². The van der Waals surface area contributed by atoms with Crippen molar-refractivity contribution in [2.45, 2.75) is 5.16 Å². The minimum absolute atomic E-state index is 0.0538. The molecular formula is C20H17N3O3S2. The molecule has 6 nitrogen and oxygen atoms in total. The van der Waals surface area contributed by atoms with E-state index in [-0.39, 0.29) is 11.5 Å². The Labute approximate surface area is 170 Å². The van der Waals surface area contributed by atoms with Crippen LogP contribution in [0.1, 0.15) is 10.4 Å². The number of thiazole rings is 1. The van der Waals surface area contributed by atoms with Gasteiger partial charge in [0, 0.05) is 16.5 Å². The van der Waals surface area contributed by atoms with E-state index in [1.807, 2.05) is 58.3 Å². The molecule has 4 aromatic rings. The first-order chi connectivity index (χ1) is 13.7. The number of hydrogen-bond donors (Lipinski definition) is 0. The van der Waals surface area contributed by atoms with E-state index in [1.165, 1.54) is 23.1 Å². The number of ketones is 1. The summed E-state index contributed by atoms with van der Waals surface area (Å²) < 4.78 is 12.8. The van der Waals surface area contributed by atoms with Crippen molar-refractivity contribution in [3.8, 4) is 22.8 Å². The fourth-order valence-electron chi connectivity index (χ4n) is 2.83. The SMILES string of the molecule is COc1ccc(OC)c(-c2csc3nnc(SCC(=O)c4ccccc4)n23)c1. The summed E-state index contributed by atoms with van der Waals surface area (Å²) in [4.78, 5) is 13.2. The topological polar surface area (TPSA) is 65.7 Å². The largest absolute Gasteiger partial charge is 0.497 e. The Bertz CT molecular complexity index is 1120. The second-order valence-corrected chi connectivity index (χ2v) is 7.64. The fraction of sp³-hybridized carbons (Fsp3) is 0.150. The summed E-state index contributed by atoms with van der Waals surface area (Å²) in [6.45, 7) is 0. The molecule has 0 N–H and O–H groups in total. The number of ether oxygens (including phenoxy) is 2. The average Bonchev–Trinajstić information content (AvgIpc) is 3.34. The van der Waals surface area contributed by atoms with E-state index in [9.17, 15) is 4.79 Å². The second kappa shape index (κ2) is 8.04. The highest BCUT2D eigenvalue weighted by Gasteiger charge is 2.18. The summed E-state index contributed by atoms with van der Waals surface area (Å²) in [7, 11) is 3.26. The maximum Gasteiger partial charge on any atom is 0.217 e. The molecular weight excluding hydrogens is 394 g/mol. The lowest BCUT2D eigenvalue weighted by molar-refractivity contribution is 0.102. The van der Waals surface area contributed by atoms with Gasteiger partial charge in [-0.3, -0.25) is 9.20 Å². The summed E-state index contributed by atoms with van der Waals surface area (Å²) in [5, 5.41) is 11.2. The molecule has 142 valence electrons. The molecule has 0 aliphatic heterocycles. The molecule has 0 saturated heterocycles. The highest BCUT2D eigenvalue weighted by molar-refractivity contribution is 7.99. The molecule has 0 amide bonds. The number of methoxy groups -OCH3 is 2. The summed E-state index contributed by atoms with van der Waals surface area (Å²) in [5.41, 5.74) is 2.47. The van der Waals surface area contributed by atoms with Gasteiger partial charge in [-0.1, -0.05) is 42.1 Å². The minimum Gasteiger partial charge on any atom is -0.497 e. The van der Waals surface area contributed by atoms with Crippen LogP contribution in [0.2, 0.25) is 0 Å². The number of hydrogen-bond acceptors (Lipinski definition) is 7. The molecule has 8 heteroatoms. The van der Waals surface area contributed by atoms with Gasteiger partial charge in [0.05, 0.1) is 25.7 Å². The number of carbonyl (C=O) groups excluding carboxylic acids is 1. The molecule has 0 atom stereocenters. The Hall–Kier alpha value is -2.84. The van der Waals surface area contributed by atoms with Crippen molar-refractivity contribution in [3.63, 3.8) is 0 Å². The third-order valence-electron chi connectivity index (χ3n) is 4.23. The van der Waals surface area contributed by atoms with Gasteiger partial charge in [-0.2, -0.15) is 0 Å². The number of Topliss-reactive ketones (excluding diaryl/α,β-unsaturated/α-hetero) is 1. The van der Waals surface area contributed by atoms with E-state index in [4.69, 9.17) is 9.47 Å². The van der Waals surface area contributed by atoms with Crippen molar-refractivity contribution in [1.29, 1.82) is 0 Å². The monoisotopic (exact) mass is 411 g/mol. The number of nitrogens with zero attached hydrogens (tertiary/aromatic N) is 3. The first kappa shape index (κ1) is 18.5. The molecule has 4 rings (SSSR count). The van der Waals surface area contributed by atoms with Crippen LogP contribution in [0.4, 0.5) is 0 Å². The zero-order valence-electron chi connectivity index (χ0n) is 15.3. The number of benzene rings is 2. The Balaban J connectivity index is 1.68. The van der Waals surface area contributed by atoms with Gasteiger partial charge in [0.15, 0.2) is 10.9 Å². The number of aromatic nitrogens is 3. The maximum absolute atomic E-state index is 12.4. The molecule has 0 spiro atoms. The Morgan fingerprint density at radius 3 is 2.68 bits per heavy atom. The number of thioether (sulfide) groups is 1. The van der Waals surface area contributed by atoms with Gasteiger partial charge in [-0.15, -0.1) is 21.5 Å². The molecule has 2 aromatic heterocycles. The fourth-order valence-corrected chi connectivity index (χ4v) is 4.55. The smallest absolute Gasteiger partial charge is 0.217 e. The lowest BCUT2D eigenvalue weighted by atomic mass is 10.1. The summed E-state index contributed by atoms with van der Waals surface area (Å²) >= 11 is 2.86. The average molecular weight is 412 g/mol. The molecule has 2 heterocycles. The van der Waals surface area contributed by atoms with E-state index in [0.29, 0.717) is 10.7 Å². The normalized spacial score (nSPS) is 10.9. The van der Waals surface area contributed by atoms with Gasteiger partial charge in [0.25, 0.3) is 0 Å². The van der Waals surface area contributed by atoms with Crippen LogP contribution in [0, 0.1) is 0 Å². The number of carbonyl (C=O) groups is 1. The van der Waals surface area contributed by atoms with Crippen molar-refractivity contribution in [3.05, 3.63) is 59.5 Å². The van der Waals surface area contributed by atoms with Gasteiger partial charge in [0.1, 0.15) is 11.5 Å². The van der Waals surface area contributed by atoms with E-state index in [0.717, 1.165) is 27.7 Å². The van der Waals surface area contributed by atoms with Crippen molar-refractivity contribution in [1.82, 2.24) is 14.6 Å². The minimum atomic E-state index is 0.0538. The van der Waals surface area contributed by atoms with Crippen molar-refractivity contribution in [2.75, 3.05) is 20.0 Å². The van der Waals surface area contributed by atoms with E-state index in [1.54, 1.807) is 14.2 Å². The molecule has 0 unspecified atom stereocenters. The van der Waals surface area contributed by atoms with Crippen LogP contribution >= 0.6 is 23.1 Å². The highest BCUT2D eigenvalue weighted by atomic mass is 32.2. The van der Waals surface area contributed by atoms with Gasteiger partial charge < -0.3 is 9.47 Å². The lowest BCUT2D eigenvalue weighted by Gasteiger charge is -2.10. The molecule has 2 aromatic carbocycles. The first-order valence-corrected chi connectivity index (χ1v) is 10.3. The van der Waals surface area contributed by atoms with Gasteiger partial charge in [-0.25, -0.2) is 0 Å². The lowest BCUT2D eigenvalue weighted by Crippen LogP contribution is -2.03. The number of fused-ring (bicyclic) bond motifs is 1. The van der Waals surface area contributed by atoms with Crippen LogP contribution in [0.15, 0.2) is 59.1 Å². The van der Waals surface area contributed by atoms with Gasteiger partial charge >= 0.3 is 0 Å². The molecule has 0 fully saturated rings. The Morgan fingerprint density at radius 2 is 1.93 bits per heavy atom. The van der Waals surface area contributed by atoms with Crippen LogP contribution in [-0.2, 0) is 0 Å². The molecule has 0 saturated carbocycles. The van der Waals surface area contributed by atoms with E-state index < -0.39 is 0 Å². The zero-order chi connectivity index (χ0) is 19.5. The molecule has 0 bridgehead atoms. The maximum atomic E-state index is 12.4. The van der Waals surface area contributed by atoms with Crippen molar-refractivity contribution in [2.24, 2.45) is 0 Å². The molecule has 28 heavy (non-hydrogen) atoms. The van der Waals surface area contributed by atoms with Crippen molar-refractivity contribution >= 4 is 33.8 Å².